The first-order valence-electron chi connectivity index (χ1n) is 11.1. The predicted molar refractivity (Wildman–Crippen MR) is 128 cm³/mol. The second kappa shape index (κ2) is 10.6. The fraction of sp³-hybridized carbons (Fsp3) is 0.385. The van der Waals surface area contributed by atoms with Crippen LogP contribution in [0.2, 0.25) is 0 Å². The number of ether oxygens (including phenoxy) is 1. The highest BCUT2D eigenvalue weighted by molar-refractivity contribution is 7.12. The van der Waals surface area contributed by atoms with Crippen molar-refractivity contribution in [3.05, 3.63) is 82.0 Å². The number of hydrogen-bond donors (Lipinski definition) is 0. The van der Waals surface area contributed by atoms with Crippen LogP contribution < -0.4 is 9.64 Å². The Morgan fingerprint density at radius 3 is 2.30 bits per heavy atom. The van der Waals surface area contributed by atoms with Gasteiger partial charge in [0.15, 0.2) is 0 Å². The lowest BCUT2D eigenvalue weighted by Crippen LogP contribution is -2.46. The maximum absolute atomic E-state index is 5.55. The summed E-state index contributed by atoms with van der Waals surface area (Å²) >= 11 is 1.98. The Labute approximate surface area is 184 Å². The molecule has 4 rings (SSSR count). The van der Waals surface area contributed by atoms with Crippen LogP contribution in [0.4, 0.5) is 5.69 Å². The third-order valence-corrected chi connectivity index (χ3v) is 6.87. The minimum absolute atomic E-state index is 0.720. The van der Waals surface area contributed by atoms with Gasteiger partial charge in [0, 0.05) is 48.0 Å². The van der Waals surface area contributed by atoms with Crippen LogP contribution in [0.5, 0.6) is 5.75 Å². The van der Waals surface area contributed by atoms with E-state index < -0.39 is 0 Å². The van der Waals surface area contributed by atoms with Crippen molar-refractivity contribution in [3.63, 3.8) is 0 Å². The van der Waals surface area contributed by atoms with Gasteiger partial charge < -0.3 is 9.64 Å². The van der Waals surface area contributed by atoms with Crippen molar-refractivity contribution in [2.45, 2.75) is 26.2 Å². The molecule has 0 bridgehead atoms. The molecule has 0 amide bonds. The van der Waals surface area contributed by atoms with Crippen molar-refractivity contribution in [1.82, 2.24) is 4.90 Å². The molecule has 2 aromatic carbocycles. The van der Waals surface area contributed by atoms with Crippen molar-refractivity contribution in [2.75, 3.05) is 44.2 Å². The van der Waals surface area contributed by atoms with Gasteiger partial charge >= 0.3 is 0 Å². The lowest BCUT2D eigenvalue weighted by atomic mass is 10.1. The fourth-order valence-electron chi connectivity index (χ4n) is 4.08. The van der Waals surface area contributed by atoms with Gasteiger partial charge in [0.05, 0.1) is 6.61 Å². The van der Waals surface area contributed by atoms with Gasteiger partial charge in [0.2, 0.25) is 0 Å². The summed E-state index contributed by atoms with van der Waals surface area (Å²) in [7, 11) is 0. The Hall–Kier alpha value is -2.30. The molecular weight excluding hydrogens is 388 g/mol. The zero-order valence-electron chi connectivity index (χ0n) is 17.9. The molecule has 0 atom stereocenters. The summed E-state index contributed by atoms with van der Waals surface area (Å²) in [6, 6.07) is 23.9. The molecular formula is C26H32N2OS. The third kappa shape index (κ3) is 5.87. The average molecular weight is 421 g/mol. The van der Waals surface area contributed by atoms with E-state index in [2.05, 4.69) is 76.5 Å². The van der Waals surface area contributed by atoms with Gasteiger partial charge in [-0.1, -0.05) is 30.3 Å². The minimum Gasteiger partial charge on any atom is -0.494 e. The maximum Gasteiger partial charge on any atom is 0.119 e. The number of hydrogen-bond acceptors (Lipinski definition) is 4. The summed E-state index contributed by atoms with van der Waals surface area (Å²) in [4.78, 5) is 8.10. The fourth-order valence-corrected chi connectivity index (χ4v) is 5.17. The molecule has 3 nitrogen and oxygen atoms in total. The highest BCUT2D eigenvalue weighted by Gasteiger charge is 2.17. The average Bonchev–Trinajstić information content (AvgIpc) is 3.23. The Balaban J connectivity index is 1.17. The monoisotopic (exact) mass is 420 g/mol. The molecule has 1 aromatic heterocycles. The van der Waals surface area contributed by atoms with Gasteiger partial charge in [-0.3, -0.25) is 4.90 Å². The van der Waals surface area contributed by atoms with E-state index in [-0.39, 0.29) is 0 Å². The summed E-state index contributed by atoms with van der Waals surface area (Å²) in [5.41, 5.74) is 2.71. The maximum atomic E-state index is 5.55. The highest BCUT2D eigenvalue weighted by Crippen LogP contribution is 2.23. The van der Waals surface area contributed by atoms with Crippen LogP contribution in [0.25, 0.3) is 0 Å². The number of nitrogens with zero attached hydrogens (tertiary/aromatic N) is 2. The third-order valence-electron chi connectivity index (χ3n) is 5.72. The highest BCUT2D eigenvalue weighted by atomic mass is 32.1. The van der Waals surface area contributed by atoms with E-state index in [9.17, 15) is 0 Å². The van der Waals surface area contributed by atoms with Crippen molar-refractivity contribution < 1.29 is 4.74 Å². The Kier molecular flexibility index (Phi) is 7.44. The summed E-state index contributed by atoms with van der Waals surface area (Å²) in [5, 5.41) is 0. The van der Waals surface area contributed by atoms with E-state index in [1.807, 2.05) is 18.3 Å². The van der Waals surface area contributed by atoms with Crippen LogP contribution in [0.1, 0.15) is 28.7 Å². The van der Waals surface area contributed by atoms with Crippen LogP contribution in [0, 0.1) is 0 Å². The summed E-state index contributed by atoms with van der Waals surface area (Å²) < 4.78 is 5.55. The lowest BCUT2D eigenvalue weighted by molar-refractivity contribution is 0.255. The molecule has 0 unspecified atom stereocenters. The molecule has 3 aromatic rings. The standard InChI is InChI=1S/C26H32N2OS/c1-2-29-24-12-10-23(11-13-24)28-19-17-27(18-20-28)16-6-9-25-14-15-26(30-25)21-22-7-4-3-5-8-22/h3-5,7-8,10-15H,2,6,9,16-21H2,1H3. The number of thiophene rings is 1. The summed E-state index contributed by atoms with van der Waals surface area (Å²) in [5.74, 6) is 0.959. The van der Waals surface area contributed by atoms with E-state index in [1.54, 1.807) is 0 Å². The van der Waals surface area contributed by atoms with Crippen LogP contribution in [0.3, 0.4) is 0 Å². The number of piperazine rings is 1. The van der Waals surface area contributed by atoms with Crippen LogP contribution in [-0.2, 0) is 12.8 Å². The molecule has 0 saturated carbocycles. The topological polar surface area (TPSA) is 15.7 Å². The molecule has 4 heteroatoms. The summed E-state index contributed by atoms with van der Waals surface area (Å²) in [6.07, 6.45) is 3.49. The summed E-state index contributed by atoms with van der Waals surface area (Å²) in [6.45, 7) is 8.45. The minimum atomic E-state index is 0.720. The first kappa shape index (κ1) is 21.0. The first-order valence-corrected chi connectivity index (χ1v) is 11.9. The van der Waals surface area contributed by atoms with Gasteiger partial charge in [0.1, 0.15) is 5.75 Å². The smallest absolute Gasteiger partial charge is 0.119 e. The molecule has 1 aliphatic heterocycles. The van der Waals surface area contributed by atoms with E-state index in [0.717, 1.165) is 45.0 Å². The molecule has 1 aliphatic rings. The van der Waals surface area contributed by atoms with Gasteiger partial charge in [0.25, 0.3) is 0 Å². The molecule has 158 valence electrons. The number of rotatable bonds is 9. The largest absolute Gasteiger partial charge is 0.494 e. The van der Waals surface area contributed by atoms with Crippen molar-refractivity contribution >= 4 is 17.0 Å². The molecule has 0 aliphatic carbocycles. The second-order valence-electron chi connectivity index (χ2n) is 7.89. The quantitative estimate of drug-likeness (QED) is 0.455. The van der Waals surface area contributed by atoms with Gasteiger partial charge in [-0.05, 0) is 68.3 Å². The molecule has 1 fully saturated rings. The Bertz CT molecular complexity index is 883. The van der Waals surface area contributed by atoms with Crippen molar-refractivity contribution in [3.8, 4) is 5.75 Å². The molecule has 0 radical (unpaired) electrons. The molecule has 0 N–H and O–H groups in total. The zero-order valence-corrected chi connectivity index (χ0v) is 18.7. The van der Waals surface area contributed by atoms with E-state index >= 15 is 0 Å². The molecule has 30 heavy (non-hydrogen) atoms. The predicted octanol–water partition coefficient (Wildman–Crippen LogP) is 5.49. The SMILES string of the molecule is CCOc1ccc(N2CCN(CCCc3ccc(Cc4ccccc4)s3)CC2)cc1. The Morgan fingerprint density at radius 1 is 0.833 bits per heavy atom. The second-order valence-corrected chi connectivity index (χ2v) is 9.14. The van der Waals surface area contributed by atoms with Crippen LogP contribution >= 0.6 is 11.3 Å². The molecule has 0 spiro atoms. The lowest BCUT2D eigenvalue weighted by Gasteiger charge is -2.36. The van der Waals surface area contributed by atoms with E-state index in [1.165, 1.54) is 40.4 Å². The number of aryl methyl sites for hydroxylation is 1. The molecule has 2 heterocycles. The Morgan fingerprint density at radius 2 is 1.57 bits per heavy atom. The van der Waals surface area contributed by atoms with Gasteiger partial charge in [-0.2, -0.15) is 0 Å². The first-order chi connectivity index (χ1) is 14.8. The van der Waals surface area contributed by atoms with E-state index in [4.69, 9.17) is 4.74 Å². The zero-order chi connectivity index (χ0) is 20.6. The normalized spacial score (nSPS) is 14.8. The molecule has 1 saturated heterocycles. The van der Waals surface area contributed by atoms with Gasteiger partial charge in [-0.25, -0.2) is 0 Å². The van der Waals surface area contributed by atoms with Crippen molar-refractivity contribution in [2.24, 2.45) is 0 Å². The number of benzene rings is 2. The van der Waals surface area contributed by atoms with Crippen LogP contribution in [-0.4, -0.2) is 44.2 Å². The van der Waals surface area contributed by atoms with Crippen molar-refractivity contribution in [1.29, 1.82) is 0 Å². The van der Waals surface area contributed by atoms with Crippen LogP contribution in [0.15, 0.2) is 66.7 Å². The number of anilines is 1. The van der Waals surface area contributed by atoms with E-state index in [0.29, 0.717) is 0 Å². The van der Waals surface area contributed by atoms with Gasteiger partial charge in [-0.15, -0.1) is 11.3 Å².